The molecule has 0 aliphatic heterocycles. The van der Waals surface area contributed by atoms with E-state index in [1.165, 1.54) is 14.0 Å². The molecular formula is C5H11NO4. The van der Waals surface area contributed by atoms with Crippen molar-refractivity contribution in [3.8, 4) is 0 Å². The lowest BCUT2D eigenvalue weighted by molar-refractivity contribution is -0.171. The van der Waals surface area contributed by atoms with E-state index in [0.717, 1.165) is 0 Å². The molecule has 0 aliphatic rings. The van der Waals surface area contributed by atoms with E-state index >= 15 is 0 Å². The molecule has 0 aromatic rings. The molecule has 0 spiro atoms. The standard InChI is InChI=1S/C5H11NO4/c1-5(10-6,3-9-2)4(7)8/h3,6H2,1-2H3,(H,7,8)/t5-/m1/s1. The largest absolute Gasteiger partial charge is 0.479 e. The summed E-state index contributed by atoms with van der Waals surface area (Å²) < 4.78 is 4.57. The van der Waals surface area contributed by atoms with Gasteiger partial charge < -0.3 is 9.84 Å². The highest BCUT2D eigenvalue weighted by atomic mass is 16.7. The van der Waals surface area contributed by atoms with E-state index < -0.39 is 11.6 Å². The summed E-state index contributed by atoms with van der Waals surface area (Å²) in [6.07, 6.45) is 0. The van der Waals surface area contributed by atoms with Crippen LogP contribution in [0.4, 0.5) is 0 Å². The smallest absolute Gasteiger partial charge is 0.340 e. The summed E-state index contributed by atoms with van der Waals surface area (Å²) >= 11 is 0. The first-order chi connectivity index (χ1) is 4.56. The zero-order valence-electron chi connectivity index (χ0n) is 5.96. The molecule has 0 bridgehead atoms. The Hall–Kier alpha value is -0.650. The first-order valence-corrected chi connectivity index (χ1v) is 2.67. The monoisotopic (exact) mass is 149 g/mol. The molecule has 5 heteroatoms. The molecule has 0 aliphatic carbocycles. The van der Waals surface area contributed by atoms with Gasteiger partial charge in [-0.1, -0.05) is 0 Å². The zero-order valence-corrected chi connectivity index (χ0v) is 5.96. The van der Waals surface area contributed by atoms with Gasteiger partial charge >= 0.3 is 5.97 Å². The number of ether oxygens (including phenoxy) is 1. The van der Waals surface area contributed by atoms with Crippen LogP contribution in [0.2, 0.25) is 0 Å². The van der Waals surface area contributed by atoms with Crippen molar-refractivity contribution in [2.45, 2.75) is 12.5 Å². The van der Waals surface area contributed by atoms with Crippen molar-refractivity contribution in [1.82, 2.24) is 0 Å². The van der Waals surface area contributed by atoms with Gasteiger partial charge in [-0.15, -0.1) is 0 Å². The number of hydrogen-bond donors (Lipinski definition) is 2. The molecule has 0 fully saturated rings. The fourth-order valence-electron chi connectivity index (χ4n) is 0.422. The Morgan fingerprint density at radius 3 is 2.40 bits per heavy atom. The maximum Gasteiger partial charge on any atom is 0.340 e. The maximum absolute atomic E-state index is 10.4. The third-order valence-corrected chi connectivity index (χ3v) is 1.13. The van der Waals surface area contributed by atoms with Crippen LogP contribution >= 0.6 is 0 Å². The Morgan fingerprint density at radius 1 is 1.80 bits per heavy atom. The van der Waals surface area contributed by atoms with Gasteiger partial charge in [0, 0.05) is 7.11 Å². The minimum absolute atomic E-state index is 0.0706. The molecule has 10 heavy (non-hydrogen) atoms. The predicted octanol–water partition coefficient (Wildman–Crippen LogP) is -0.634. The second-order valence-corrected chi connectivity index (χ2v) is 2.09. The normalized spacial score (nSPS) is 16.3. The van der Waals surface area contributed by atoms with E-state index in [9.17, 15) is 4.79 Å². The minimum Gasteiger partial charge on any atom is -0.479 e. The van der Waals surface area contributed by atoms with Crippen molar-refractivity contribution in [2.75, 3.05) is 13.7 Å². The van der Waals surface area contributed by atoms with Crippen LogP contribution in [0.3, 0.4) is 0 Å². The molecular weight excluding hydrogens is 138 g/mol. The van der Waals surface area contributed by atoms with E-state index in [1.807, 2.05) is 0 Å². The van der Waals surface area contributed by atoms with Gasteiger partial charge in [0.2, 0.25) is 5.60 Å². The summed E-state index contributed by atoms with van der Waals surface area (Å²) in [5.74, 6) is 3.59. The zero-order chi connectivity index (χ0) is 8.20. The van der Waals surface area contributed by atoms with Gasteiger partial charge in [0.05, 0.1) is 6.61 Å². The van der Waals surface area contributed by atoms with Gasteiger partial charge in [0.15, 0.2) is 0 Å². The summed E-state index contributed by atoms with van der Waals surface area (Å²) in [5.41, 5.74) is -1.44. The first-order valence-electron chi connectivity index (χ1n) is 2.67. The minimum atomic E-state index is -1.44. The van der Waals surface area contributed by atoms with Crippen LogP contribution in [0.25, 0.3) is 0 Å². The fraction of sp³-hybridized carbons (Fsp3) is 0.800. The van der Waals surface area contributed by atoms with E-state index in [4.69, 9.17) is 11.0 Å². The van der Waals surface area contributed by atoms with Gasteiger partial charge in [-0.25, -0.2) is 10.7 Å². The van der Waals surface area contributed by atoms with Gasteiger partial charge in [0.25, 0.3) is 0 Å². The van der Waals surface area contributed by atoms with Crippen LogP contribution in [-0.4, -0.2) is 30.4 Å². The molecule has 60 valence electrons. The second kappa shape index (κ2) is 3.50. The van der Waals surface area contributed by atoms with Crippen molar-refractivity contribution >= 4 is 5.97 Å². The quantitative estimate of drug-likeness (QED) is 0.520. The van der Waals surface area contributed by atoms with Gasteiger partial charge in [-0.05, 0) is 6.92 Å². The fourth-order valence-corrected chi connectivity index (χ4v) is 0.422. The van der Waals surface area contributed by atoms with Crippen molar-refractivity contribution in [3.63, 3.8) is 0 Å². The van der Waals surface area contributed by atoms with E-state index in [-0.39, 0.29) is 6.61 Å². The Morgan fingerprint density at radius 2 is 2.30 bits per heavy atom. The molecule has 0 radical (unpaired) electrons. The average Bonchev–Trinajstić information content (AvgIpc) is 1.88. The Kier molecular flexibility index (Phi) is 3.27. The van der Waals surface area contributed by atoms with E-state index in [1.54, 1.807) is 0 Å². The number of carboxylic acid groups (broad SMARTS) is 1. The van der Waals surface area contributed by atoms with Crippen molar-refractivity contribution in [1.29, 1.82) is 0 Å². The second-order valence-electron chi connectivity index (χ2n) is 2.09. The summed E-state index contributed by atoms with van der Waals surface area (Å²) in [5, 5.41) is 8.48. The molecule has 0 saturated heterocycles. The summed E-state index contributed by atoms with van der Waals surface area (Å²) in [6.45, 7) is 1.26. The van der Waals surface area contributed by atoms with E-state index in [0.29, 0.717) is 0 Å². The third kappa shape index (κ3) is 1.94. The lowest BCUT2D eigenvalue weighted by Gasteiger charge is -2.20. The number of aliphatic carboxylic acids is 1. The molecule has 0 rings (SSSR count). The van der Waals surface area contributed by atoms with Crippen LogP contribution < -0.4 is 5.90 Å². The average molecular weight is 149 g/mol. The highest BCUT2D eigenvalue weighted by Crippen LogP contribution is 2.07. The highest BCUT2D eigenvalue weighted by molar-refractivity contribution is 5.77. The SMILES string of the molecule is COC[C@@](C)(ON)C(=O)O. The summed E-state index contributed by atoms with van der Waals surface area (Å²) in [6, 6.07) is 0. The van der Waals surface area contributed by atoms with E-state index in [2.05, 4.69) is 9.57 Å². The summed E-state index contributed by atoms with van der Waals surface area (Å²) in [7, 11) is 1.38. The topological polar surface area (TPSA) is 81.8 Å². The molecule has 1 atom stereocenters. The van der Waals surface area contributed by atoms with Crippen molar-refractivity contribution in [3.05, 3.63) is 0 Å². The maximum atomic E-state index is 10.4. The number of carboxylic acids is 1. The number of methoxy groups -OCH3 is 1. The van der Waals surface area contributed by atoms with Crippen LogP contribution in [-0.2, 0) is 14.4 Å². The number of hydrogen-bond acceptors (Lipinski definition) is 4. The molecule has 0 saturated carbocycles. The Labute approximate surface area is 58.7 Å². The van der Waals surface area contributed by atoms with Gasteiger partial charge in [-0.3, -0.25) is 4.84 Å². The lowest BCUT2D eigenvalue weighted by Crippen LogP contribution is -2.44. The molecule has 0 unspecified atom stereocenters. The van der Waals surface area contributed by atoms with Crippen LogP contribution in [0, 0.1) is 0 Å². The number of rotatable bonds is 4. The number of nitrogens with two attached hydrogens (primary N) is 1. The van der Waals surface area contributed by atoms with Gasteiger partial charge in [-0.2, -0.15) is 0 Å². The van der Waals surface area contributed by atoms with Gasteiger partial charge in [0.1, 0.15) is 0 Å². The molecule has 0 amide bonds. The predicted molar refractivity (Wildman–Crippen MR) is 33.2 cm³/mol. The number of carbonyl (C=O) groups is 1. The molecule has 3 N–H and O–H groups in total. The molecule has 0 heterocycles. The van der Waals surface area contributed by atoms with Crippen LogP contribution in [0.15, 0.2) is 0 Å². The first kappa shape index (κ1) is 9.35. The van der Waals surface area contributed by atoms with Crippen LogP contribution in [0.1, 0.15) is 6.92 Å². The molecule has 5 nitrogen and oxygen atoms in total. The van der Waals surface area contributed by atoms with Crippen molar-refractivity contribution < 1.29 is 19.5 Å². The lowest BCUT2D eigenvalue weighted by atomic mass is 10.1. The highest BCUT2D eigenvalue weighted by Gasteiger charge is 2.33. The van der Waals surface area contributed by atoms with Crippen molar-refractivity contribution in [2.24, 2.45) is 5.90 Å². The third-order valence-electron chi connectivity index (χ3n) is 1.13. The van der Waals surface area contributed by atoms with Crippen LogP contribution in [0.5, 0.6) is 0 Å². The molecule has 0 aromatic heterocycles. The Balaban J connectivity index is 4.08. The Bertz CT molecular complexity index is 127. The summed E-state index contributed by atoms with van der Waals surface area (Å²) in [4.78, 5) is 14.6. The molecule has 0 aromatic carbocycles.